The molecule has 0 aliphatic heterocycles. The highest BCUT2D eigenvalue weighted by molar-refractivity contribution is 5.02. The van der Waals surface area contributed by atoms with Crippen molar-refractivity contribution in [3.8, 4) is 0 Å². The molecule has 4 heteroatoms. The van der Waals surface area contributed by atoms with Gasteiger partial charge in [0.15, 0.2) is 0 Å². The third-order valence-corrected chi connectivity index (χ3v) is 3.15. The van der Waals surface area contributed by atoms with Crippen molar-refractivity contribution in [2.24, 2.45) is 5.92 Å². The highest BCUT2D eigenvalue weighted by atomic mass is 16.3. The summed E-state index contributed by atoms with van der Waals surface area (Å²) in [6, 6.07) is 0. The van der Waals surface area contributed by atoms with Crippen LogP contribution in [0.1, 0.15) is 59.1 Å². The molecule has 1 N–H and O–H groups in total. The predicted molar refractivity (Wildman–Crippen MR) is 68.6 cm³/mol. The summed E-state index contributed by atoms with van der Waals surface area (Å²) in [5, 5.41) is 17.9. The number of nitrogens with zero attached hydrogens (tertiary/aromatic N) is 3. The number of hydrogen-bond donors (Lipinski definition) is 1. The van der Waals surface area contributed by atoms with Gasteiger partial charge in [-0.1, -0.05) is 38.3 Å². The van der Waals surface area contributed by atoms with E-state index in [4.69, 9.17) is 0 Å². The third-order valence-electron chi connectivity index (χ3n) is 3.15. The largest absolute Gasteiger partial charge is 0.384 e. The first-order valence-corrected chi connectivity index (χ1v) is 6.60. The van der Waals surface area contributed by atoms with E-state index in [2.05, 4.69) is 24.2 Å². The lowest BCUT2D eigenvalue weighted by Gasteiger charge is -2.14. The molecule has 0 spiro atoms. The molecule has 4 nitrogen and oxygen atoms in total. The van der Waals surface area contributed by atoms with Crippen LogP contribution in [0.25, 0.3) is 0 Å². The van der Waals surface area contributed by atoms with E-state index in [1.807, 2.05) is 10.9 Å². The van der Waals surface area contributed by atoms with E-state index in [1.165, 1.54) is 19.3 Å². The van der Waals surface area contributed by atoms with Gasteiger partial charge in [0, 0.05) is 6.54 Å². The minimum absolute atomic E-state index is 0.642. The Morgan fingerprint density at radius 1 is 1.41 bits per heavy atom. The van der Waals surface area contributed by atoms with Gasteiger partial charge in [0.25, 0.3) is 0 Å². The molecule has 0 aromatic carbocycles. The van der Waals surface area contributed by atoms with Crippen molar-refractivity contribution in [2.45, 2.75) is 65.5 Å². The molecule has 17 heavy (non-hydrogen) atoms. The van der Waals surface area contributed by atoms with Crippen LogP contribution in [0.5, 0.6) is 0 Å². The van der Waals surface area contributed by atoms with Crippen LogP contribution in [0, 0.1) is 5.92 Å². The molecular weight excluding hydrogens is 214 g/mol. The highest BCUT2D eigenvalue weighted by Gasteiger charge is 2.20. The fraction of sp³-hybridized carbons (Fsp3) is 0.846. The Morgan fingerprint density at radius 3 is 2.59 bits per heavy atom. The van der Waals surface area contributed by atoms with Gasteiger partial charge in [-0.15, -0.1) is 5.10 Å². The van der Waals surface area contributed by atoms with E-state index in [0.29, 0.717) is 11.6 Å². The predicted octanol–water partition coefficient (Wildman–Crippen LogP) is 2.72. The Balaban J connectivity index is 2.58. The second-order valence-corrected chi connectivity index (χ2v) is 5.30. The molecule has 0 aliphatic carbocycles. The van der Waals surface area contributed by atoms with Crippen molar-refractivity contribution in [1.82, 2.24) is 15.0 Å². The molecule has 1 aromatic rings. The number of aliphatic hydroxyl groups is 1. The molecule has 0 aliphatic rings. The first-order chi connectivity index (χ1) is 7.97. The zero-order valence-electron chi connectivity index (χ0n) is 11.5. The van der Waals surface area contributed by atoms with Crippen LogP contribution in [-0.2, 0) is 12.1 Å². The Labute approximate surface area is 104 Å². The van der Waals surface area contributed by atoms with Gasteiger partial charge in [-0.2, -0.15) is 0 Å². The lowest BCUT2D eigenvalue weighted by atomic mass is 9.99. The Kier molecular flexibility index (Phi) is 5.12. The second kappa shape index (κ2) is 6.15. The number of unbranched alkanes of at least 4 members (excludes halogenated alkanes) is 1. The van der Waals surface area contributed by atoms with Gasteiger partial charge in [0.1, 0.15) is 11.3 Å². The van der Waals surface area contributed by atoms with Gasteiger partial charge in [-0.25, -0.2) is 0 Å². The Morgan fingerprint density at radius 2 is 2.12 bits per heavy atom. The molecule has 1 atom stereocenters. The van der Waals surface area contributed by atoms with Crippen LogP contribution in [0.2, 0.25) is 0 Å². The minimum Gasteiger partial charge on any atom is -0.384 e. The first kappa shape index (κ1) is 14.2. The summed E-state index contributed by atoms with van der Waals surface area (Å²) in [6.07, 6.45) is 6.77. The fourth-order valence-electron chi connectivity index (χ4n) is 1.85. The molecule has 0 radical (unpaired) electrons. The lowest BCUT2D eigenvalue weighted by molar-refractivity contribution is 0.0737. The molecule has 1 rings (SSSR count). The summed E-state index contributed by atoms with van der Waals surface area (Å²) in [5.41, 5.74) is -0.258. The summed E-state index contributed by atoms with van der Waals surface area (Å²) in [7, 11) is 0. The molecule has 1 unspecified atom stereocenters. The summed E-state index contributed by atoms with van der Waals surface area (Å²) < 4.78 is 1.86. The molecule has 0 saturated heterocycles. The highest BCUT2D eigenvalue weighted by Crippen LogP contribution is 2.18. The second-order valence-electron chi connectivity index (χ2n) is 5.30. The summed E-state index contributed by atoms with van der Waals surface area (Å²) in [5.74, 6) is 0.659. The maximum Gasteiger partial charge on any atom is 0.114 e. The zero-order chi connectivity index (χ0) is 12.9. The Hall–Kier alpha value is -0.900. The zero-order valence-corrected chi connectivity index (χ0v) is 11.5. The monoisotopic (exact) mass is 239 g/mol. The molecule has 1 aromatic heterocycles. The number of hydrogen-bond acceptors (Lipinski definition) is 3. The van der Waals surface area contributed by atoms with Crippen LogP contribution in [-0.4, -0.2) is 20.1 Å². The van der Waals surface area contributed by atoms with Gasteiger partial charge in [-0.05, 0) is 26.2 Å². The van der Waals surface area contributed by atoms with E-state index in [9.17, 15) is 5.11 Å². The molecule has 0 saturated carbocycles. The van der Waals surface area contributed by atoms with E-state index in [0.717, 1.165) is 13.0 Å². The van der Waals surface area contributed by atoms with E-state index in [1.54, 1.807) is 13.8 Å². The summed E-state index contributed by atoms with van der Waals surface area (Å²) >= 11 is 0. The van der Waals surface area contributed by atoms with Crippen LogP contribution in [0.15, 0.2) is 6.20 Å². The average molecular weight is 239 g/mol. The maximum absolute atomic E-state index is 9.82. The standard InChI is InChI=1S/C13H25N3O/c1-5-7-8-11(6-2)9-16-10-12(14-15-16)13(3,4)17/h10-11,17H,5-9H2,1-4H3. The van der Waals surface area contributed by atoms with Gasteiger partial charge in [0.05, 0.1) is 6.20 Å². The summed E-state index contributed by atoms with van der Waals surface area (Å²) in [6.45, 7) is 8.80. The van der Waals surface area contributed by atoms with E-state index >= 15 is 0 Å². The van der Waals surface area contributed by atoms with Gasteiger partial charge in [0.2, 0.25) is 0 Å². The van der Waals surface area contributed by atoms with Crippen LogP contribution < -0.4 is 0 Å². The minimum atomic E-state index is -0.899. The smallest absolute Gasteiger partial charge is 0.114 e. The van der Waals surface area contributed by atoms with Gasteiger partial charge in [-0.3, -0.25) is 4.68 Å². The van der Waals surface area contributed by atoms with Crippen LogP contribution >= 0.6 is 0 Å². The van der Waals surface area contributed by atoms with Crippen molar-refractivity contribution >= 4 is 0 Å². The van der Waals surface area contributed by atoms with E-state index < -0.39 is 5.60 Å². The average Bonchev–Trinajstić information content (AvgIpc) is 2.72. The SMILES string of the molecule is CCCCC(CC)Cn1cc(C(C)(C)O)nn1. The van der Waals surface area contributed by atoms with Crippen molar-refractivity contribution in [3.05, 3.63) is 11.9 Å². The molecule has 1 heterocycles. The number of rotatable bonds is 7. The Bertz CT molecular complexity index is 328. The van der Waals surface area contributed by atoms with E-state index in [-0.39, 0.29) is 0 Å². The van der Waals surface area contributed by atoms with Gasteiger partial charge < -0.3 is 5.11 Å². The third kappa shape index (κ3) is 4.46. The van der Waals surface area contributed by atoms with Gasteiger partial charge >= 0.3 is 0 Å². The number of aromatic nitrogens is 3. The first-order valence-electron chi connectivity index (χ1n) is 6.60. The molecular formula is C13H25N3O. The lowest BCUT2D eigenvalue weighted by Crippen LogP contribution is -2.16. The molecule has 0 fully saturated rings. The van der Waals surface area contributed by atoms with Crippen molar-refractivity contribution in [2.75, 3.05) is 0 Å². The van der Waals surface area contributed by atoms with Crippen molar-refractivity contribution < 1.29 is 5.11 Å². The molecule has 0 amide bonds. The topological polar surface area (TPSA) is 50.9 Å². The molecule has 0 bridgehead atoms. The normalized spacial score (nSPS) is 13.9. The van der Waals surface area contributed by atoms with Crippen LogP contribution in [0.3, 0.4) is 0 Å². The van der Waals surface area contributed by atoms with Crippen molar-refractivity contribution in [1.29, 1.82) is 0 Å². The maximum atomic E-state index is 9.82. The fourth-order valence-corrected chi connectivity index (χ4v) is 1.85. The summed E-state index contributed by atoms with van der Waals surface area (Å²) in [4.78, 5) is 0. The van der Waals surface area contributed by atoms with Crippen LogP contribution in [0.4, 0.5) is 0 Å². The molecule has 98 valence electrons. The quantitative estimate of drug-likeness (QED) is 0.796. The van der Waals surface area contributed by atoms with Crippen molar-refractivity contribution in [3.63, 3.8) is 0 Å².